The summed E-state index contributed by atoms with van der Waals surface area (Å²) in [5.41, 5.74) is 2.95. The molecular weight excluding hydrogens is 280 g/mol. The maximum absolute atomic E-state index is 12.4. The SMILES string of the molecule is COc1csc(C(=O)c2ccc(-c3ccccc3)cc2)c1. The van der Waals surface area contributed by atoms with Gasteiger partial charge in [-0.3, -0.25) is 4.79 Å². The van der Waals surface area contributed by atoms with Crippen molar-refractivity contribution < 1.29 is 9.53 Å². The Kier molecular flexibility index (Phi) is 3.84. The molecule has 1 aromatic heterocycles. The van der Waals surface area contributed by atoms with Gasteiger partial charge in [0.25, 0.3) is 0 Å². The molecule has 0 saturated heterocycles. The summed E-state index contributed by atoms with van der Waals surface area (Å²) < 4.78 is 5.12. The number of carbonyl (C=O) groups is 1. The predicted molar refractivity (Wildman–Crippen MR) is 86.2 cm³/mol. The molecular formula is C18H14O2S. The van der Waals surface area contributed by atoms with Gasteiger partial charge in [0.2, 0.25) is 5.78 Å². The van der Waals surface area contributed by atoms with Crippen molar-refractivity contribution in [1.82, 2.24) is 0 Å². The van der Waals surface area contributed by atoms with Gasteiger partial charge >= 0.3 is 0 Å². The highest BCUT2D eigenvalue weighted by molar-refractivity contribution is 7.12. The molecule has 2 aromatic carbocycles. The number of benzene rings is 2. The molecule has 3 heteroatoms. The van der Waals surface area contributed by atoms with Gasteiger partial charge in [-0.2, -0.15) is 0 Å². The first-order valence-electron chi connectivity index (χ1n) is 6.60. The standard InChI is InChI=1S/C18H14O2S/c1-20-16-11-17(21-12-16)18(19)15-9-7-14(8-10-15)13-5-3-2-4-6-13/h2-12H,1H3. The van der Waals surface area contributed by atoms with E-state index in [1.807, 2.05) is 47.8 Å². The number of carbonyl (C=O) groups excluding carboxylic acids is 1. The van der Waals surface area contributed by atoms with Gasteiger partial charge < -0.3 is 4.74 Å². The Balaban J connectivity index is 1.85. The van der Waals surface area contributed by atoms with E-state index in [1.54, 1.807) is 13.2 Å². The van der Waals surface area contributed by atoms with Gasteiger partial charge in [-0.25, -0.2) is 0 Å². The minimum absolute atomic E-state index is 0.0305. The molecule has 0 spiro atoms. The number of ether oxygens (including phenoxy) is 1. The van der Waals surface area contributed by atoms with Gasteiger partial charge in [0, 0.05) is 17.0 Å². The summed E-state index contributed by atoms with van der Waals surface area (Å²) in [6, 6.07) is 19.6. The lowest BCUT2D eigenvalue weighted by Crippen LogP contribution is -1.98. The van der Waals surface area contributed by atoms with Crippen LogP contribution in [0.4, 0.5) is 0 Å². The Morgan fingerprint density at radius 3 is 2.24 bits per heavy atom. The van der Waals surface area contributed by atoms with E-state index in [-0.39, 0.29) is 5.78 Å². The molecule has 0 radical (unpaired) electrons. The zero-order valence-corrected chi connectivity index (χ0v) is 12.4. The van der Waals surface area contributed by atoms with Crippen molar-refractivity contribution in [3.05, 3.63) is 76.5 Å². The molecule has 1 heterocycles. The molecule has 0 aliphatic heterocycles. The van der Waals surface area contributed by atoms with Crippen LogP contribution in [0.3, 0.4) is 0 Å². The number of rotatable bonds is 4. The third kappa shape index (κ3) is 2.88. The summed E-state index contributed by atoms with van der Waals surface area (Å²) in [5.74, 6) is 0.757. The smallest absolute Gasteiger partial charge is 0.203 e. The minimum Gasteiger partial charge on any atom is -0.496 e. The fourth-order valence-corrected chi connectivity index (χ4v) is 2.95. The molecule has 3 rings (SSSR count). The second-order valence-electron chi connectivity index (χ2n) is 4.62. The summed E-state index contributed by atoms with van der Waals surface area (Å²) in [6.07, 6.45) is 0. The lowest BCUT2D eigenvalue weighted by molar-refractivity contribution is 0.104. The fraction of sp³-hybridized carbons (Fsp3) is 0.0556. The third-order valence-electron chi connectivity index (χ3n) is 3.29. The molecule has 104 valence electrons. The lowest BCUT2D eigenvalue weighted by atomic mass is 10.0. The first kappa shape index (κ1) is 13.6. The molecule has 0 amide bonds. The molecule has 0 N–H and O–H groups in total. The molecule has 21 heavy (non-hydrogen) atoms. The van der Waals surface area contributed by atoms with E-state index in [2.05, 4.69) is 12.1 Å². The number of hydrogen-bond acceptors (Lipinski definition) is 3. The predicted octanol–water partition coefficient (Wildman–Crippen LogP) is 4.65. The van der Waals surface area contributed by atoms with E-state index >= 15 is 0 Å². The molecule has 0 aliphatic rings. The van der Waals surface area contributed by atoms with Crippen molar-refractivity contribution in [1.29, 1.82) is 0 Å². The second-order valence-corrected chi connectivity index (χ2v) is 5.53. The Hall–Kier alpha value is -2.39. The van der Waals surface area contributed by atoms with Crippen molar-refractivity contribution in [3.8, 4) is 16.9 Å². The third-order valence-corrected chi connectivity index (χ3v) is 4.20. The Morgan fingerprint density at radius 2 is 1.62 bits per heavy atom. The summed E-state index contributed by atoms with van der Waals surface area (Å²) in [6.45, 7) is 0. The van der Waals surface area contributed by atoms with Crippen LogP contribution in [-0.4, -0.2) is 12.9 Å². The number of thiophene rings is 1. The average molecular weight is 294 g/mol. The van der Waals surface area contributed by atoms with Crippen molar-refractivity contribution in [2.24, 2.45) is 0 Å². The quantitative estimate of drug-likeness (QED) is 0.654. The van der Waals surface area contributed by atoms with Gasteiger partial charge in [-0.15, -0.1) is 11.3 Å². The number of methoxy groups -OCH3 is 1. The normalized spacial score (nSPS) is 10.3. The fourth-order valence-electron chi connectivity index (χ4n) is 2.13. The molecule has 0 saturated carbocycles. The van der Waals surface area contributed by atoms with Crippen LogP contribution >= 0.6 is 11.3 Å². The van der Waals surface area contributed by atoms with E-state index in [0.29, 0.717) is 10.4 Å². The van der Waals surface area contributed by atoms with Gasteiger partial charge in [0.1, 0.15) is 5.75 Å². The van der Waals surface area contributed by atoms with Crippen LogP contribution in [0.5, 0.6) is 5.75 Å². The highest BCUT2D eigenvalue weighted by Crippen LogP contribution is 2.25. The molecule has 0 aliphatic carbocycles. The monoisotopic (exact) mass is 294 g/mol. The average Bonchev–Trinajstić information content (AvgIpc) is 3.04. The Bertz CT molecular complexity index is 742. The Morgan fingerprint density at radius 1 is 0.952 bits per heavy atom. The zero-order chi connectivity index (χ0) is 14.7. The van der Waals surface area contributed by atoms with Crippen LogP contribution in [0.1, 0.15) is 15.2 Å². The second kappa shape index (κ2) is 5.94. The van der Waals surface area contributed by atoms with E-state index < -0.39 is 0 Å². The van der Waals surface area contributed by atoms with Gasteiger partial charge in [-0.05, 0) is 11.1 Å². The van der Waals surface area contributed by atoms with E-state index in [0.717, 1.165) is 16.9 Å². The van der Waals surface area contributed by atoms with E-state index in [1.165, 1.54) is 11.3 Å². The molecule has 0 bridgehead atoms. The van der Waals surface area contributed by atoms with Gasteiger partial charge in [-0.1, -0.05) is 54.6 Å². The van der Waals surface area contributed by atoms with Crippen LogP contribution in [0.2, 0.25) is 0 Å². The molecule has 0 fully saturated rings. The summed E-state index contributed by atoms with van der Waals surface area (Å²) in [7, 11) is 1.60. The lowest BCUT2D eigenvalue weighted by Gasteiger charge is -2.03. The van der Waals surface area contributed by atoms with E-state index in [4.69, 9.17) is 4.74 Å². The molecule has 3 aromatic rings. The maximum Gasteiger partial charge on any atom is 0.203 e. The van der Waals surface area contributed by atoms with Crippen LogP contribution in [0.15, 0.2) is 66.0 Å². The highest BCUT2D eigenvalue weighted by Gasteiger charge is 2.12. The highest BCUT2D eigenvalue weighted by atomic mass is 32.1. The van der Waals surface area contributed by atoms with Crippen LogP contribution in [0.25, 0.3) is 11.1 Å². The Labute approximate surface area is 127 Å². The van der Waals surface area contributed by atoms with Crippen LogP contribution in [-0.2, 0) is 0 Å². The topological polar surface area (TPSA) is 26.3 Å². The molecule has 0 unspecified atom stereocenters. The minimum atomic E-state index is 0.0305. The van der Waals surface area contributed by atoms with E-state index in [9.17, 15) is 4.79 Å². The molecule has 2 nitrogen and oxygen atoms in total. The largest absolute Gasteiger partial charge is 0.496 e. The first-order chi connectivity index (χ1) is 10.3. The van der Waals surface area contributed by atoms with Crippen LogP contribution < -0.4 is 4.74 Å². The number of ketones is 1. The van der Waals surface area contributed by atoms with Crippen molar-refractivity contribution in [2.45, 2.75) is 0 Å². The maximum atomic E-state index is 12.4. The van der Waals surface area contributed by atoms with Gasteiger partial charge in [0.15, 0.2) is 0 Å². The van der Waals surface area contributed by atoms with Crippen molar-refractivity contribution in [2.75, 3.05) is 7.11 Å². The first-order valence-corrected chi connectivity index (χ1v) is 7.48. The van der Waals surface area contributed by atoms with Crippen LogP contribution in [0, 0.1) is 0 Å². The van der Waals surface area contributed by atoms with Crippen molar-refractivity contribution in [3.63, 3.8) is 0 Å². The van der Waals surface area contributed by atoms with Crippen molar-refractivity contribution >= 4 is 17.1 Å². The summed E-state index contributed by atoms with van der Waals surface area (Å²) in [4.78, 5) is 13.1. The molecule has 0 atom stereocenters. The van der Waals surface area contributed by atoms with Gasteiger partial charge in [0.05, 0.1) is 12.0 Å². The summed E-state index contributed by atoms with van der Waals surface area (Å²) in [5, 5.41) is 1.84. The zero-order valence-electron chi connectivity index (χ0n) is 11.6. The summed E-state index contributed by atoms with van der Waals surface area (Å²) >= 11 is 1.40. The number of hydrogen-bond donors (Lipinski definition) is 0.